The second-order valence-corrected chi connectivity index (χ2v) is 3.02. The van der Waals surface area contributed by atoms with Gasteiger partial charge in [0.25, 0.3) is 0 Å². The van der Waals surface area contributed by atoms with Gasteiger partial charge in [-0.25, -0.2) is 0 Å². The summed E-state index contributed by atoms with van der Waals surface area (Å²) in [5.41, 5.74) is 0. The first-order chi connectivity index (χ1) is 5.66. The summed E-state index contributed by atoms with van der Waals surface area (Å²) >= 11 is 0. The van der Waals surface area contributed by atoms with E-state index < -0.39 is 0 Å². The largest absolute Gasteiger partial charge is 0.463 e. The van der Waals surface area contributed by atoms with E-state index in [2.05, 4.69) is 0 Å². The molecule has 0 atom stereocenters. The second-order valence-electron chi connectivity index (χ2n) is 3.02. The molecular weight excluding hydrogens is 156 g/mol. The van der Waals surface area contributed by atoms with E-state index in [0.29, 0.717) is 32.2 Å². The van der Waals surface area contributed by atoms with Crippen LogP contribution < -0.4 is 0 Å². The minimum Gasteiger partial charge on any atom is -0.463 e. The molecule has 0 heterocycles. The number of hydrogen-bond acceptors (Lipinski definition) is 3. The first kappa shape index (κ1) is 11.4. The monoisotopic (exact) mass is 174 g/mol. The Morgan fingerprint density at radius 3 is 2.50 bits per heavy atom. The van der Waals surface area contributed by atoms with Gasteiger partial charge in [0.05, 0.1) is 6.61 Å². The molecule has 0 spiro atoms. The summed E-state index contributed by atoms with van der Waals surface area (Å²) in [5, 5.41) is 0. The van der Waals surface area contributed by atoms with Crippen LogP contribution in [0, 0.1) is 5.92 Å². The van der Waals surface area contributed by atoms with E-state index in [4.69, 9.17) is 9.47 Å². The molecule has 0 bridgehead atoms. The van der Waals surface area contributed by atoms with E-state index in [9.17, 15) is 4.79 Å². The van der Waals surface area contributed by atoms with Crippen LogP contribution in [0.4, 0.5) is 0 Å². The molecule has 3 heteroatoms. The van der Waals surface area contributed by atoms with Crippen molar-refractivity contribution >= 4 is 5.97 Å². The van der Waals surface area contributed by atoms with Crippen molar-refractivity contribution in [1.82, 2.24) is 0 Å². The average Bonchev–Trinajstić information content (AvgIpc) is 1.97. The maximum atomic E-state index is 10.9. The number of esters is 1. The number of carbonyl (C=O) groups is 1. The highest BCUT2D eigenvalue weighted by Gasteiger charge is 2.04. The van der Waals surface area contributed by atoms with Crippen LogP contribution >= 0.6 is 0 Å². The molecule has 0 aromatic carbocycles. The van der Waals surface area contributed by atoms with Gasteiger partial charge in [0.2, 0.25) is 0 Å². The normalized spacial score (nSPS) is 10.3. The third kappa shape index (κ3) is 7.54. The summed E-state index contributed by atoms with van der Waals surface area (Å²) < 4.78 is 9.90. The molecule has 0 saturated carbocycles. The zero-order chi connectivity index (χ0) is 9.40. The van der Waals surface area contributed by atoms with Crippen LogP contribution in [0.25, 0.3) is 0 Å². The van der Waals surface area contributed by atoms with Crippen LogP contribution in [0.15, 0.2) is 0 Å². The van der Waals surface area contributed by atoms with E-state index >= 15 is 0 Å². The van der Waals surface area contributed by atoms with Crippen LogP contribution in [0.5, 0.6) is 0 Å². The predicted molar refractivity (Wildman–Crippen MR) is 46.9 cm³/mol. The Bertz CT molecular complexity index is 121. The van der Waals surface area contributed by atoms with Crippen LogP contribution in [-0.2, 0) is 14.3 Å². The lowest BCUT2D eigenvalue weighted by Gasteiger charge is -2.05. The fraction of sp³-hybridized carbons (Fsp3) is 0.889. The van der Waals surface area contributed by atoms with Gasteiger partial charge in [-0.1, -0.05) is 13.8 Å². The lowest BCUT2D eigenvalue weighted by atomic mass is 10.1. The highest BCUT2D eigenvalue weighted by Crippen LogP contribution is 2.00. The van der Waals surface area contributed by atoms with Crippen LogP contribution in [0.2, 0.25) is 0 Å². The van der Waals surface area contributed by atoms with E-state index in [-0.39, 0.29) is 5.97 Å². The summed E-state index contributed by atoms with van der Waals surface area (Å²) in [6.07, 6.45) is 0.492. The van der Waals surface area contributed by atoms with E-state index in [0.717, 1.165) is 0 Å². The zero-order valence-corrected chi connectivity index (χ0v) is 8.13. The first-order valence-corrected chi connectivity index (χ1v) is 4.40. The maximum absolute atomic E-state index is 10.9. The molecular formula is C9H18O3. The van der Waals surface area contributed by atoms with Gasteiger partial charge in [0.1, 0.15) is 6.61 Å². The lowest BCUT2D eigenvalue weighted by Crippen LogP contribution is -2.12. The summed E-state index contributed by atoms with van der Waals surface area (Å²) in [7, 11) is 0. The topological polar surface area (TPSA) is 35.5 Å². The van der Waals surface area contributed by atoms with Crippen molar-refractivity contribution in [3.8, 4) is 0 Å². The maximum Gasteiger partial charge on any atom is 0.306 e. The van der Waals surface area contributed by atoms with Crippen molar-refractivity contribution in [1.29, 1.82) is 0 Å². The molecule has 0 fully saturated rings. The molecule has 0 unspecified atom stereocenters. The molecule has 0 saturated heterocycles. The van der Waals surface area contributed by atoms with Crippen LogP contribution in [0.1, 0.15) is 27.2 Å². The lowest BCUT2D eigenvalue weighted by molar-refractivity contribution is -0.146. The van der Waals surface area contributed by atoms with Crippen molar-refractivity contribution in [2.75, 3.05) is 19.8 Å². The molecule has 3 nitrogen and oxygen atoms in total. The molecule has 0 amide bonds. The second kappa shape index (κ2) is 7.10. The smallest absolute Gasteiger partial charge is 0.306 e. The quantitative estimate of drug-likeness (QED) is 0.453. The highest BCUT2D eigenvalue weighted by molar-refractivity contribution is 5.69. The molecule has 0 aliphatic heterocycles. The Kier molecular flexibility index (Phi) is 6.76. The molecule has 0 radical (unpaired) electrons. The van der Waals surface area contributed by atoms with Crippen LogP contribution in [0.3, 0.4) is 0 Å². The van der Waals surface area contributed by atoms with E-state index in [1.807, 2.05) is 20.8 Å². The fourth-order valence-corrected chi connectivity index (χ4v) is 0.751. The molecule has 12 heavy (non-hydrogen) atoms. The number of carbonyl (C=O) groups excluding carboxylic acids is 1. The highest BCUT2D eigenvalue weighted by atomic mass is 16.6. The number of hydrogen-bond donors (Lipinski definition) is 0. The standard InChI is InChI=1S/C9H18O3/c1-4-11-5-6-12-9(10)7-8(2)3/h8H,4-7H2,1-3H3. The van der Waals surface area contributed by atoms with Gasteiger partial charge in [0, 0.05) is 13.0 Å². The summed E-state index contributed by atoms with van der Waals surface area (Å²) in [4.78, 5) is 10.9. The number of ether oxygens (including phenoxy) is 2. The van der Waals surface area contributed by atoms with Gasteiger partial charge >= 0.3 is 5.97 Å². The van der Waals surface area contributed by atoms with Gasteiger partial charge in [-0.3, -0.25) is 4.79 Å². The van der Waals surface area contributed by atoms with Crippen LogP contribution in [-0.4, -0.2) is 25.8 Å². The molecule has 0 aliphatic rings. The van der Waals surface area contributed by atoms with Crippen molar-refractivity contribution in [2.24, 2.45) is 5.92 Å². The summed E-state index contributed by atoms with van der Waals surface area (Å²) in [5.74, 6) is 0.231. The molecule has 0 rings (SSSR count). The van der Waals surface area contributed by atoms with E-state index in [1.165, 1.54) is 0 Å². The van der Waals surface area contributed by atoms with Crippen molar-refractivity contribution in [3.05, 3.63) is 0 Å². The van der Waals surface area contributed by atoms with Gasteiger partial charge in [-0.05, 0) is 12.8 Å². The zero-order valence-electron chi connectivity index (χ0n) is 8.13. The van der Waals surface area contributed by atoms with Gasteiger partial charge < -0.3 is 9.47 Å². The SMILES string of the molecule is CCOCCOC(=O)CC(C)C. The first-order valence-electron chi connectivity index (χ1n) is 4.40. The fourth-order valence-electron chi connectivity index (χ4n) is 0.751. The minimum absolute atomic E-state index is 0.135. The number of rotatable bonds is 6. The molecule has 0 aromatic heterocycles. The third-order valence-electron chi connectivity index (χ3n) is 1.27. The predicted octanol–water partition coefficient (Wildman–Crippen LogP) is 1.61. The Balaban J connectivity index is 3.20. The van der Waals surface area contributed by atoms with Gasteiger partial charge in [0.15, 0.2) is 0 Å². The Hall–Kier alpha value is -0.570. The molecule has 0 aliphatic carbocycles. The summed E-state index contributed by atoms with van der Waals surface area (Å²) in [6, 6.07) is 0. The average molecular weight is 174 g/mol. The van der Waals surface area contributed by atoms with Crippen molar-refractivity contribution < 1.29 is 14.3 Å². The molecule has 0 N–H and O–H groups in total. The molecule has 72 valence electrons. The minimum atomic E-state index is -0.135. The third-order valence-corrected chi connectivity index (χ3v) is 1.27. The van der Waals surface area contributed by atoms with Gasteiger partial charge in [-0.2, -0.15) is 0 Å². The Labute approximate surface area is 74.0 Å². The van der Waals surface area contributed by atoms with E-state index in [1.54, 1.807) is 0 Å². The van der Waals surface area contributed by atoms with Crippen molar-refractivity contribution in [2.45, 2.75) is 27.2 Å². The Morgan fingerprint density at radius 2 is 2.00 bits per heavy atom. The summed E-state index contributed by atoms with van der Waals surface area (Å²) in [6.45, 7) is 7.44. The Morgan fingerprint density at radius 1 is 1.33 bits per heavy atom. The van der Waals surface area contributed by atoms with Gasteiger partial charge in [-0.15, -0.1) is 0 Å². The van der Waals surface area contributed by atoms with Crippen molar-refractivity contribution in [3.63, 3.8) is 0 Å². The molecule has 0 aromatic rings.